The van der Waals surface area contributed by atoms with E-state index in [1.165, 1.54) is 24.0 Å². The second-order valence-electron chi connectivity index (χ2n) is 5.57. The van der Waals surface area contributed by atoms with Gasteiger partial charge in [-0.1, -0.05) is 31.2 Å². The Kier molecular flexibility index (Phi) is 4.97. The third-order valence-corrected chi connectivity index (χ3v) is 4.12. The Morgan fingerprint density at radius 2 is 2.05 bits per heavy atom. The first kappa shape index (κ1) is 14.5. The van der Waals surface area contributed by atoms with E-state index in [0.29, 0.717) is 6.04 Å². The van der Waals surface area contributed by atoms with Crippen LogP contribution in [0, 0.1) is 6.92 Å². The van der Waals surface area contributed by atoms with Crippen LogP contribution in [0.25, 0.3) is 0 Å². The zero-order valence-corrected chi connectivity index (χ0v) is 12.0. The summed E-state index contributed by atoms with van der Waals surface area (Å²) in [6.45, 7) is 5.21. The van der Waals surface area contributed by atoms with Crippen molar-refractivity contribution in [2.75, 3.05) is 13.2 Å². The van der Waals surface area contributed by atoms with Crippen molar-refractivity contribution in [3.8, 4) is 0 Å². The Bertz CT molecular complexity index is 403. The zero-order valence-electron chi connectivity index (χ0n) is 12.0. The number of aryl methyl sites for hydroxylation is 1. The molecule has 0 amide bonds. The molecule has 0 bridgehead atoms. The van der Waals surface area contributed by atoms with Gasteiger partial charge in [-0.3, -0.25) is 4.90 Å². The van der Waals surface area contributed by atoms with E-state index in [-0.39, 0.29) is 18.7 Å². The highest BCUT2D eigenvalue weighted by Gasteiger charge is 2.36. The van der Waals surface area contributed by atoms with Crippen LogP contribution in [-0.2, 0) is 0 Å². The number of nitrogens with two attached hydrogens (primary N) is 1. The predicted octanol–water partition coefficient (Wildman–Crippen LogP) is 2.23. The molecule has 0 aromatic heterocycles. The van der Waals surface area contributed by atoms with Crippen molar-refractivity contribution in [1.82, 2.24) is 4.90 Å². The van der Waals surface area contributed by atoms with Crippen molar-refractivity contribution in [3.05, 3.63) is 35.4 Å². The highest BCUT2D eigenvalue weighted by molar-refractivity contribution is 5.30. The molecule has 2 atom stereocenters. The lowest BCUT2D eigenvalue weighted by Gasteiger charge is -2.36. The summed E-state index contributed by atoms with van der Waals surface area (Å²) >= 11 is 0. The molecule has 1 aromatic rings. The first-order chi connectivity index (χ1) is 9.19. The SMILES string of the molecule is CCC(N)C(c1ccccc1C)N(CCO)C1CC1. The summed E-state index contributed by atoms with van der Waals surface area (Å²) in [4.78, 5) is 2.41. The molecule has 1 aliphatic carbocycles. The normalized spacial score (nSPS) is 18.6. The van der Waals surface area contributed by atoms with Crippen molar-refractivity contribution < 1.29 is 5.11 Å². The molecular formula is C16H26N2O. The Morgan fingerprint density at radius 1 is 1.37 bits per heavy atom. The van der Waals surface area contributed by atoms with Gasteiger partial charge in [0.15, 0.2) is 0 Å². The number of nitrogens with zero attached hydrogens (tertiary/aromatic N) is 1. The maximum atomic E-state index is 9.35. The van der Waals surface area contributed by atoms with Gasteiger partial charge in [0, 0.05) is 18.6 Å². The fourth-order valence-electron chi connectivity index (χ4n) is 2.87. The molecule has 0 heterocycles. The van der Waals surface area contributed by atoms with E-state index in [0.717, 1.165) is 13.0 Å². The maximum absolute atomic E-state index is 9.35. The van der Waals surface area contributed by atoms with Crippen molar-refractivity contribution in [2.45, 2.75) is 51.2 Å². The molecule has 1 aliphatic rings. The van der Waals surface area contributed by atoms with E-state index >= 15 is 0 Å². The average molecular weight is 262 g/mol. The number of benzene rings is 1. The summed E-state index contributed by atoms with van der Waals surface area (Å²) in [5.41, 5.74) is 9.00. The molecule has 2 unspecified atom stereocenters. The molecule has 2 rings (SSSR count). The summed E-state index contributed by atoms with van der Waals surface area (Å²) in [5, 5.41) is 9.35. The zero-order chi connectivity index (χ0) is 13.8. The first-order valence-corrected chi connectivity index (χ1v) is 7.36. The molecule has 3 nitrogen and oxygen atoms in total. The van der Waals surface area contributed by atoms with E-state index < -0.39 is 0 Å². The Morgan fingerprint density at radius 3 is 2.58 bits per heavy atom. The van der Waals surface area contributed by atoms with E-state index in [1.54, 1.807) is 0 Å². The summed E-state index contributed by atoms with van der Waals surface area (Å²) in [5.74, 6) is 0. The van der Waals surface area contributed by atoms with Crippen LogP contribution in [0.4, 0.5) is 0 Å². The summed E-state index contributed by atoms with van der Waals surface area (Å²) in [7, 11) is 0. The minimum Gasteiger partial charge on any atom is -0.395 e. The van der Waals surface area contributed by atoms with E-state index in [1.807, 2.05) is 0 Å². The molecule has 1 fully saturated rings. The van der Waals surface area contributed by atoms with Crippen molar-refractivity contribution >= 4 is 0 Å². The standard InChI is InChI=1S/C16H26N2O/c1-3-15(17)16(14-7-5-4-6-12(14)2)18(10-11-19)13-8-9-13/h4-7,13,15-16,19H,3,8-11,17H2,1-2H3. The first-order valence-electron chi connectivity index (χ1n) is 7.36. The molecule has 3 heteroatoms. The van der Waals surface area contributed by atoms with E-state index in [9.17, 15) is 5.11 Å². The lowest BCUT2D eigenvalue weighted by atomic mass is 9.92. The summed E-state index contributed by atoms with van der Waals surface area (Å²) in [6, 6.07) is 9.44. The molecule has 106 valence electrons. The average Bonchev–Trinajstić information content (AvgIpc) is 3.24. The van der Waals surface area contributed by atoms with Gasteiger partial charge in [-0.15, -0.1) is 0 Å². The van der Waals surface area contributed by atoms with Gasteiger partial charge >= 0.3 is 0 Å². The van der Waals surface area contributed by atoms with Crippen molar-refractivity contribution in [3.63, 3.8) is 0 Å². The van der Waals surface area contributed by atoms with Crippen LogP contribution in [0.15, 0.2) is 24.3 Å². The molecule has 0 radical (unpaired) electrons. The van der Waals surface area contributed by atoms with Crippen LogP contribution >= 0.6 is 0 Å². The topological polar surface area (TPSA) is 49.5 Å². The monoisotopic (exact) mass is 262 g/mol. The lowest BCUT2D eigenvalue weighted by molar-refractivity contribution is 0.124. The number of hydrogen-bond donors (Lipinski definition) is 2. The van der Waals surface area contributed by atoms with Crippen LogP contribution in [0.5, 0.6) is 0 Å². The van der Waals surface area contributed by atoms with Crippen molar-refractivity contribution in [2.24, 2.45) is 5.73 Å². The summed E-state index contributed by atoms with van der Waals surface area (Å²) < 4.78 is 0. The quantitative estimate of drug-likeness (QED) is 0.792. The van der Waals surface area contributed by atoms with Gasteiger partial charge in [0.1, 0.15) is 0 Å². The van der Waals surface area contributed by atoms with Gasteiger partial charge in [-0.2, -0.15) is 0 Å². The molecule has 1 aromatic carbocycles. The molecule has 0 aliphatic heterocycles. The minimum absolute atomic E-state index is 0.119. The fraction of sp³-hybridized carbons (Fsp3) is 0.625. The molecule has 0 spiro atoms. The lowest BCUT2D eigenvalue weighted by Crippen LogP contribution is -2.43. The van der Waals surface area contributed by atoms with Gasteiger partial charge < -0.3 is 10.8 Å². The number of rotatable bonds is 7. The highest BCUT2D eigenvalue weighted by atomic mass is 16.3. The molecule has 1 saturated carbocycles. The Hall–Kier alpha value is -0.900. The second-order valence-corrected chi connectivity index (χ2v) is 5.57. The van der Waals surface area contributed by atoms with Crippen LogP contribution in [0.3, 0.4) is 0 Å². The third-order valence-electron chi connectivity index (χ3n) is 4.12. The van der Waals surface area contributed by atoms with E-state index in [2.05, 4.69) is 43.0 Å². The predicted molar refractivity (Wildman–Crippen MR) is 79.0 cm³/mol. The number of aliphatic hydroxyl groups is 1. The largest absolute Gasteiger partial charge is 0.395 e. The van der Waals surface area contributed by atoms with E-state index in [4.69, 9.17) is 5.73 Å². The smallest absolute Gasteiger partial charge is 0.0558 e. The Labute approximate surface area is 116 Å². The molecule has 3 N–H and O–H groups in total. The molecular weight excluding hydrogens is 236 g/mol. The molecule has 19 heavy (non-hydrogen) atoms. The van der Waals surface area contributed by atoms with Gasteiger partial charge in [0.2, 0.25) is 0 Å². The minimum atomic E-state index is 0.119. The number of hydrogen-bond acceptors (Lipinski definition) is 3. The van der Waals surface area contributed by atoms with Crippen LogP contribution in [-0.4, -0.2) is 35.2 Å². The van der Waals surface area contributed by atoms with Crippen LogP contribution < -0.4 is 5.73 Å². The van der Waals surface area contributed by atoms with Gasteiger partial charge in [0.05, 0.1) is 12.6 Å². The fourth-order valence-corrected chi connectivity index (χ4v) is 2.87. The third kappa shape index (κ3) is 3.35. The summed E-state index contributed by atoms with van der Waals surface area (Å²) in [6.07, 6.45) is 3.42. The van der Waals surface area contributed by atoms with Crippen molar-refractivity contribution in [1.29, 1.82) is 0 Å². The van der Waals surface area contributed by atoms with Gasteiger partial charge in [0.25, 0.3) is 0 Å². The number of aliphatic hydroxyl groups excluding tert-OH is 1. The highest BCUT2D eigenvalue weighted by Crippen LogP contribution is 2.37. The maximum Gasteiger partial charge on any atom is 0.0558 e. The van der Waals surface area contributed by atoms with Gasteiger partial charge in [-0.25, -0.2) is 0 Å². The second kappa shape index (κ2) is 6.51. The van der Waals surface area contributed by atoms with Crippen LogP contribution in [0.1, 0.15) is 43.4 Å². The molecule has 0 saturated heterocycles. The Balaban J connectivity index is 2.31. The van der Waals surface area contributed by atoms with Crippen LogP contribution in [0.2, 0.25) is 0 Å². The van der Waals surface area contributed by atoms with Gasteiger partial charge in [-0.05, 0) is 37.3 Å².